The first-order chi connectivity index (χ1) is 8.15. The fourth-order valence-electron chi connectivity index (χ4n) is 1.60. The maximum absolute atomic E-state index is 13.5. The van der Waals surface area contributed by atoms with Crippen molar-refractivity contribution in [3.63, 3.8) is 0 Å². The minimum Gasteiger partial charge on any atom is -0.206 e. The monoisotopic (exact) mass is 233 g/mol. The van der Waals surface area contributed by atoms with Crippen molar-refractivity contribution in [2.45, 2.75) is 0 Å². The van der Waals surface area contributed by atoms with E-state index in [0.29, 0.717) is 0 Å². The molecule has 0 unspecified atom stereocenters. The van der Waals surface area contributed by atoms with Crippen LogP contribution in [0.4, 0.5) is 13.2 Å². The fourth-order valence-corrected chi connectivity index (χ4v) is 1.60. The Kier molecular flexibility index (Phi) is 2.84. The molecular formula is C13H6F3N. The molecule has 0 fully saturated rings. The predicted molar refractivity (Wildman–Crippen MR) is 56.5 cm³/mol. The van der Waals surface area contributed by atoms with Crippen molar-refractivity contribution in [1.82, 2.24) is 0 Å². The Hall–Kier alpha value is -2.28. The van der Waals surface area contributed by atoms with Crippen molar-refractivity contribution < 1.29 is 13.2 Å². The zero-order valence-electron chi connectivity index (χ0n) is 8.55. The molecule has 2 aromatic rings. The molecule has 0 saturated carbocycles. The van der Waals surface area contributed by atoms with Crippen molar-refractivity contribution in [2.24, 2.45) is 0 Å². The summed E-state index contributed by atoms with van der Waals surface area (Å²) in [6.07, 6.45) is 0. The Balaban J connectivity index is 2.79. The van der Waals surface area contributed by atoms with Crippen LogP contribution in [0, 0.1) is 28.8 Å². The highest BCUT2D eigenvalue weighted by molar-refractivity contribution is 5.71. The van der Waals surface area contributed by atoms with Gasteiger partial charge in [-0.2, -0.15) is 5.26 Å². The molecule has 17 heavy (non-hydrogen) atoms. The average molecular weight is 233 g/mol. The van der Waals surface area contributed by atoms with Crippen LogP contribution in [0.1, 0.15) is 5.56 Å². The first-order valence-corrected chi connectivity index (χ1v) is 4.78. The molecule has 0 radical (unpaired) electrons. The standard InChI is InChI=1S/C13H6F3N/c14-10-4-1-3-8(9(10)7-17)13-11(15)5-2-6-12(13)16/h1-6H. The Morgan fingerprint density at radius 3 is 1.94 bits per heavy atom. The third kappa shape index (κ3) is 1.87. The second-order valence-electron chi connectivity index (χ2n) is 3.37. The molecule has 0 bridgehead atoms. The lowest BCUT2D eigenvalue weighted by Gasteiger charge is -2.07. The van der Waals surface area contributed by atoms with Gasteiger partial charge in [-0.1, -0.05) is 18.2 Å². The van der Waals surface area contributed by atoms with E-state index in [0.717, 1.165) is 18.2 Å². The molecular weight excluding hydrogens is 227 g/mol. The van der Waals surface area contributed by atoms with Gasteiger partial charge >= 0.3 is 0 Å². The van der Waals surface area contributed by atoms with Gasteiger partial charge in [-0.25, -0.2) is 13.2 Å². The van der Waals surface area contributed by atoms with Gasteiger partial charge in [0.2, 0.25) is 0 Å². The van der Waals surface area contributed by atoms with Crippen molar-refractivity contribution in [3.05, 3.63) is 59.4 Å². The van der Waals surface area contributed by atoms with Crippen LogP contribution in [-0.2, 0) is 0 Å². The van der Waals surface area contributed by atoms with E-state index in [2.05, 4.69) is 0 Å². The van der Waals surface area contributed by atoms with Gasteiger partial charge in [0.1, 0.15) is 23.5 Å². The molecule has 2 rings (SSSR count). The number of rotatable bonds is 1. The summed E-state index contributed by atoms with van der Waals surface area (Å²) in [5.41, 5.74) is -0.830. The van der Waals surface area contributed by atoms with Crippen LogP contribution in [0.25, 0.3) is 11.1 Å². The summed E-state index contributed by atoms with van der Waals surface area (Å²) < 4.78 is 40.4. The SMILES string of the molecule is N#Cc1c(F)cccc1-c1c(F)cccc1F. The average Bonchev–Trinajstić information content (AvgIpc) is 2.29. The van der Waals surface area contributed by atoms with Crippen molar-refractivity contribution in [2.75, 3.05) is 0 Å². The Bertz CT molecular complexity index is 594. The van der Waals surface area contributed by atoms with E-state index in [1.807, 2.05) is 0 Å². The quantitative estimate of drug-likeness (QED) is 0.737. The summed E-state index contributed by atoms with van der Waals surface area (Å²) in [7, 11) is 0. The van der Waals surface area contributed by atoms with Crippen LogP contribution in [0.2, 0.25) is 0 Å². The molecule has 0 heterocycles. The third-order valence-electron chi connectivity index (χ3n) is 2.36. The maximum atomic E-state index is 13.5. The first kappa shape index (κ1) is 11.2. The summed E-state index contributed by atoms with van der Waals surface area (Å²) in [5.74, 6) is -2.45. The third-order valence-corrected chi connectivity index (χ3v) is 2.36. The van der Waals surface area contributed by atoms with E-state index in [-0.39, 0.29) is 16.7 Å². The predicted octanol–water partition coefficient (Wildman–Crippen LogP) is 3.64. The van der Waals surface area contributed by atoms with Crippen molar-refractivity contribution in [1.29, 1.82) is 5.26 Å². The van der Waals surface area contributed by atoms with E-state index in [1.54, 1.807) is 6.07 Å². The summed E-state index contributed by atoms with van der Waals surface area (Å²) in [6.45, 7) is 0. The lowest BCUT2D eigenvalue weighted by atomic mass is 9.99. The molecule has 0 spiro atoms. The van der Waals surface area contributed by atoms with E-state index >= 15 is 0 Å². The summed E-state index contributed by atoms with van der Waals surface area (Å²) in [6, 6.07) is 8.62. The van der Waals surface area contributed by atoms with Gasteiger partial charge in [0.25, 0.3) is 0 Å². The highest BCUT2D eigenvalue weighted by Gasteiger charge is 2.16. The van der Waals surface area contributed by atoms with Crippen LogP contribution in [0.15, 0.2) is 36.4 Å². The van der Waals surface area contributed by atoms with Gasteiger partial charge in [-0.05, 0) is 18.2 Å². The molecule has 0 aliphatic rings. The molecule has 0 aliphatic heterocycles. The molecule has 1 nitrogen and oxygen atoms in total. The van der Waals surface area contributed by atoms with E-state index in [9.17, 15) is 13.2 Å². The molecule has 4 heteroatoms. The van der Waals surface area contributed by atoms with Gasteiger partial charge in [0.05, 0.1) is 11.1 Å². The maximum Gasteiger partial charge on any atom is 0.141 e. The minimum absolute atomic E-state index is 0.0805. The normalized spacial score (nSPS) is 10.0. The van der Waals surface area contributed by atoms with Gasteiger partial charge in [0.15, 0.2) is 0 Å². The zero-order chi connectivity index (χ0) is 12.4. The zero-order valence-corrected chi connectivity index (χ0v) is 8.55. The lowest BCUT2D eigenvalue weighted by Crippen LogP contribution is -1.95. The summed E-state index contributed by atoms with van der Waals surface area (Å²) >= 11 is 0. The Labute approximate surface area is 95.7 Å². The molecule has 0 aliphatic carbocycles. The van der Waals surface area contributed by atoms with Gasteiger partial charge in [-0.3, -0.25) is 0 Å². The van der Waals surface area contributed by atoms with E-state index < -0.39 is 17.5 Å². The number of nitriles is 1. The molecule has 0 N–H and O–H groups in total. The molecule has 2 aromatic carbocycles. The largest absolute Gasteiger partial charge is 0.206 e. The Morgan fingerprint density at radius 1 is 0.824 bits per heavy atom. The van der Waals surface area contributed by atoms with Crippen LogP contribution in [0.5, 0.6) is 0 Å². The van der Waals surface area contributed by atoms with Crippen LogP contribution in [-0.4, -0.2) is 0 Å². The smallest absolute Gasteiger partial charge is 0.141 e. The number of hydrogen-bond acceptors (Lipinski definition) is 1. The number of halogens is 3. The highest BCUT2D eigenvalue weighted by atomic mass is 19.1. The first-order valence-electron chi connectivity index (χ1n) is 4.78. The Morgan fingerprint density at radius 2 is 1.35 bits per heavy atom. The second-order valence-corrected chi connectivity index (χ2v) is 3.37. The summed E-state index contributed by atoms with van der Waals surface area (Å²) in [4.78, 5) is 0. The topological polar surface area (TPSA) is 23.8 Å². The second kappa shape index (κ2) is 4.30. The van der Waals surface area contributed by atoms with Crippen LogP contribution < -0.4 is 0 Å². The molecule has 0 atom stereocenters. The van der Waals surface area contributed by atoms with Gasteiger partial charge < -0.3 is 0 Å². The van der Waals surface area contributed by atoms with Gasteiger partial charge in [0, 0.05) is 5.56 Å². The molecule has 0 aromatic heterocycles. The fraction of sp³-hybridized carbons (Fsp3) is 0. The van der Waals surface area contributed by atoms with Crippen LogP contribution in [0.3, 0.4) is 0 Å². The molecule has 0 saturated heterocycles. The molecule has 84 valence electrons. The van der Waals surface area contributed by atoms with Crippen LogP contribution >= 0.6 is 0 Å². The minimum atomic E-state index is -0.827. The van der Waals surface area contributed by atoms with Crippen molar-refractivity contribution >= 4 is 0 Å². The van der Waals surface area contributed by atoms with E-state index in [4.69, 9.17) is 5.26 Å². The molecule has 0 amide bonds. The number of nitrogens with zero attached hydrogens (tertiary/aromatic N) is 1. The van der Waals surface area contributed by atoms with Gasteiger partial charge in [-0.15, -0.1) is 0 Å². The number of benzene rings is 2. The van der Waals surface area contributed by atoms with E-state index in [1.165, 1.54) is 18.2 Å². The lowest BCUT2D eigenvalue weighted by molar-refractivity contribution is 0.588. The van der Waals surface area contributed by atoms with Crippen molar-refractivity contribution in [3.8, 4) is 17.2 Å². The summed E-state index contributed by atoms with van der Waals surface area (Å²) in [5, 5.41) is 8.81. The highest BCUT2D eigenvalue weighted by Crippen LogP contribution is 2.29. The number of hydrogen-bond donors (Lipinski definition) is 0.